The van der Waals surface area contributed by atoms with Crippen molar-refractivity contribution in [2.24, 2.45) is 0 Å². The van der Waals surface area contributed by atoms with Crippen LogP contribution in [0, 0.1) is 0 Å². The largest absolute Gasteiger partial charge is 0.338 e. The summed E-state index contributed by atoms with van der Waals surface area (Å²) in [5.41, 5.74) is 0. The van der Waals surface area contributed by atoms with Crippen LogP contribution in [0.3, 0.4) is 0 Å². The molecule has 0 saturated heterocycles. The second kappa shape index (κ2) is 7.90. The van der Waals surface area contributed by atoms with Crippen molar-refractivity contribution in [2.45, 2.75) is 40.0 Å². The fraction of sp³-hybridized carbons (Fsp3) is 0.900. The normalized spacial score (nSPS) is 9.77. The van der Waals surface area contributed by atoms with Gasteiger partial charge in [-0.15, -0.1) is 0 Å². The smallest absolute Gasteiger partial charge is 0.317 e. The number of carbonyl (C=O) groups excluding carboxylic acids is 1. The zero-order valence-corrected chi connectivity index (χ0v) is 9.10. The highest BCUT2D eigenvalue weighted by Crippen LogP contribution is 1.95. The van der Waals surface area contributed by atoms with Gasteiger partial charge in [-0.05, 0) is 19.8 Å². The monoisotopic (exact) mass is 186 g/mol. The molecule has 0 aromatic carbocycles. The van der Waals surface area contributed by atoms with Crippen LogP contribution in [0.4, 0.5) is 4.79 Å². The van der Waals surface area contributed by atoms with E-state index in [4.69, 9.17) is 0 Å². The van der Waals surface area contributed by atoms with Crippen molar-refractivity contribution in [3.63, 3.8) is 0 Å². The molecule has 0 fully saturated rings. The molecule has 0 bridgehead atoms. The Labute approximate surface area is 81.5 Å². The van der Waals surface area contributed by atoms with Crippen LogP contribution in [0.2, 0.25) is 0 Å². The molecule has 0 unspecified atom stereocenters. The molecule has 0 rings (SSSR count). The maximum atomic E-state index is 11.5. The van der Waals surface area contributed by atoms with E-state index in [0.717, 1.165) is 38.9 Å². The first-order valence-corrected chi connectivity index (χ1v) is 5.29. The summed E-state index contributed by atoms with van der Waals surface area (Å²) in [4.78, 5) is 13.3. The zero-order valence-electron chi connectivity index (χ0n) is 9.10. The van der Waals surface area contributed by atoms with Gasteiger partial charge in [0.25, 0.3) is 0 Å². The standard InChI is InChI=1S/C10H22N2O/c1-4-7-9-12(6-3)10(13)11-8-5-2/h4-9H2,1-3H3,(H,11,13). The Balaban J connectivity index is 3.71. The van der Waals surface area contributed by atoms with Crippen LogP contribution in [0.1, 0.15) is 40.0 Å². The summed E-state index contributed by atoms with van der Waals surface area (Å²) >= 11 is 0. The van der Waals surface area contributed by atoms with E-state index in [1.54, 1.807) is 0 Å². The number of hydrogen-bond donors (Lipinski definition) is 1. The van der Waals surface area contributed by atoms with Gasteiger partial charge in [0.05, 0.1) is 0 Å². The van der Waals surface area contributed by atoms with Crippen LogP contribution in [-0.4, -0.2) is 30.6 Å². The van der Waals surface area contributed by atoms with E-state index < -0.39 is 0 Å². The summed E-state index contributed by atoms with van der Waals surface area (Å²) in [6.45, 7) is 8.67. The van der Waals surface area contributed by atoms with Crippen molar-refractivity contribution in [3.8, 4) is 0 Å². The fourth-order valence-corrected chi connectivity index (χ4v) is 1.10. The van der Waals surface area contributed by atoms with Crippen LogP contribution < -0.4 is 5.32 Å². The lowest BCUT2D eigenvalue weighted by Gasteiger charge is -2.20. The second-order valence-corrected chi connectivity index (χ2v) is 3.17. The Kier molecular flexibility index (Phi) is 7.45. The Bertz CT molecular complexity index is 137. The molecule has 0 aromatic rings. The molecule has 3 nitrogen and oxygen atoms in total. The Morgan fingerprint density at radius 2 is 1.92 bits per heavy atom. The second-order valence-electron chi connectivity index (χ2n) is 3.17. The average molecular weight is 186 g/mol. The van der Waals surface area contributed by atoms with Crippen LogP contribution in [0.5, 0.6) is 0 Å². The van der Waals surface area contributed by atoms with Crippen LogP contribution in [-0.2, 0) is 0 Å². The molecule has 0 saturated carbocycles. The number of nitrogens with zero attached hydrogens (tertiary/aromatic N) is 1. The van der Waals surface area contributed by atoms with E-state index in [9.17, 15) is 4.79 Å². The van der Waals surface area contributed by atoms with Gasteiger partial charge in [0.1, 0.15) is 0 Å². The number of carbonyl (C=O) groups is 1. The number of hydrogen-bond acceptors (Lipinski definition) is 1. The number of amides is 2. The lowest BCUT2D eigenvalue weighted by molar-refractivity contribution is 0.200. The summed E-state index contributed by atoms with van der Waals surface area (Å²) in [5, 5.41) is 2.88. The molecule has 2 amide bonds. The number of urea groups is 1. The van der Waals surface area contributed by atoms with Gasteiger partial charge >= 0.3 is 6.03 Å². The van der Waals surface area contributed by atoms with E-state index in [-0.39, 0.29) is 6.03 Å². The molecule has 0 aliphatic rings. The molecule has 0 spiro atoms. The molecular weight excluding hydrogens is 164 g/mol. The zero-order chi connectivity index (χ0) is 10.1. The lowest BCUT2D eigenvalue weighted by atomic mass is 10.3. The minimum absolute atomic E-state index is 0.0813. The molecule has 0 aromatic heterocycles. The Morgan fingerprint density at radius 3 is 2.38 bits per heavy atom. The number of unbranched alkanes of at least 4 members (excludes halogenated alkanes) is 1. The van der Waals surface area contributed by atoms with Crippen molar-refractivity contribution in [3.05, 3.63) is 0 Å². The predicted octanol–water partition coefficient (Wildman–Crippen LogP) is 2.23. The molecular formula is C10H22N2O. The summed E-state index contributed by atoms with van der Waals surface area (Å²) in [6, 6.07) is 0.0813. The SMILES string of the molecule is CCCCN(CC)C(=O)NCCC. The van der Waals surface area contributed by atoms with Gasteiger partial charge in [0.2, 0.25) is 0 Å². The van der Waals surface area contributed by atoms with Gasteiger partial charge in [0, 0.05) is 19.6 Å². The minimum Gasteiger partial charge on any atom is -0.338 e. The molecule has 1 N–H and O–H groups in total. The summed E-state index contributed by atoms with van der Waals surface area (Å²) in [5.74, 6) is 0. The summed E-state index contributed by atoms with van der Waals surface area (Å²) in [6.07, 6.45) is 3.22. The van der Waals surface area contributed by atoms with Gasteiger partial charge < -0.3 is 10.2 Å². The topological polar surface area (TPSA) is 32.3 Å². The highest BCUT2D eigenvalue weighted by atomic mass is 16.2. The minimum atomic E-state index is 0.0813. The maximum absolute atomic E-state index is 11.5. The molecule has 0 heterocycles. The van der Waals surface area contributed by atoms with Gasteiger partial charge in [-0.25, -0.2) is 4.79 Å². The number of nitrogens with one attached hydrogen (secondary N) is 1. The van der Waals surface area contributed by atoms with Crippen molar-refractivity contribution < 1.29 is 4.79 Å². The Morgan fingerprint density at radius 1 is 1.23 bits per heavy atom. The highest BCUT2D eigenvalue weighted by molar-refractivity contribution is 5.74. The molecule has 0 aliphatic carbocycles. The molecule has 13 heavy (non-hydrogen) atoms. The van der Waals surface area contributed by atoms with E-state index in [2.05, 4.69) is 19.2 Å². The quantitative estimate of drug-likeness (QED) is 0.678. The van der Waals surface area contributed by atoms with Crippen LogP contribution >= 0.6 is 0 Å². The lowest BCUT2D eigenvalue weighted by Crippen LogP contribution is -2.40. The third kappa shape index (κ3) is 5.50. The average Bonchev–Trinajstić information content (AvgIpc) is 2.16. The Hall–Kier alpha value is -0.730. The van der Waals surface area contributed by atoms with E-state index in [0.29, 0.717) is 0 Å². The van der Waals surface area contributed by atoms with E-state index in [1.807, 2.05) is 11.8 Å². The van der Waals surface area contributed by atoms with Crippen molar-refractivity contribution >= 4 is 6.03 Å². The highest BCUT2D eigenvalue weighted by Gasteiger charge is 2.08. The van der Waals surface area contributed by atoms with Gasteiger partial charge in [-0.1, -0.05) is 20.3 Å². The van der Waals surface area contributed by atoms with Gasteiger partial charge in [-0.2, -0.15) is 0 Å². The third-order valence-corrected chi connectivity index (χ3v) is 1.98. The summed E-state index contributed by atoms with van der Waals surface area (Å²) in [7, 11) is 0. The first kappa shape index (κ1) is 12.3. The molecule has 0 radical (unpaired) electrons. The van der Waals surface area contributed by atoms with Crippen molar-refractivity contribution in [1.29, 1.82) is 0 Å². The van der Waals surface area contributed by atoms with Crippen molar-refractivity contribution in [1.82, 2.24) is 10.2 Å². The molecule has 78 valence electrons. The maximum Gasteiger partial charge on any atom is 0.317 e. The molecule has 3 heteroatoms. The van der Waals surface area contributed by atoms with Gasteiger partial charge in [0.15, 0.2) is 0 Å². The fourth-order valence-electron chi connectivity index (χ4n) is 1.10. The van der Waals surface area contributed by atoms with Crippen molar-refractivity contribution in [2.75, 3.05) is 19.6 Å². The predicted molar refractivity (Wildman–Crippen MR) is 55.8 cm³/mol. The van der Waals surface area contributed by atoms with Crippen LogP contribution in [0.15, 0.2) is 0 Å². The first-order valence-electron chi connectivity index (χ1n) is 5.29. The first-order chi connectivity index (χ1) is 6.26. The number of rotatable bonds is 6. The van der Waals surface area contributed by atoms with E-state index in [1.165, 1.54) is 0 Å². The molecule has 0 atom stereocenters. The molecule has 0 aliphatic heterocycles. The summed E-state index contributed by atoms with van der Waals surface area (Å²) < 4.78 is 0. The van der Waals surface area contributed by atoms with E-state index >= 15 is 0 Å². The van der Waals surface area contributed by atoms with Crippen LogP contribution in [0.25, 0.3) is 0 Å². The third-order valence-electron chi connectivity index (χ3n) is 1.98. The van der Waals surface area contributed by atoms with Gasteiger partial charge in [-0.3, -0.25) is 0 Å².